The molecule has 0 aromatic carbocycles. The Morgan fingerprint density at radius 2 is 2.27 bits per heavy atom. The van der Waals surface area contributed by atoms with Crippen molar-refractivity contribution < 1.29 is 9.53 Å². The van der Waals surface area contributed by atoms with Gasteiger partial charge in [0.1, 0.15) is 0 Å². The molecule has 2 atom stereocenters. The molecule has 2 aliphatic heterocycles. The topological polar surface area (TPSA) is 41.6 Å². The van der Waals surface area contributed by atoms with Crippen LogP contribution in [0.4, 0.5) is 0 Å². The van der Waals surface area contributed by atoms with Gasteiger partial charge in [0.05, 0.1) is 18.6 Å². The fraction of sp³-hybridized carbons (Fsp3) is 0.900. The Balaban J connectivity index is 0.00000112. The largest absolute Gasteiger partial charge is 0.379 e. The minimum absolute atomic E-state index is 0. The second-order valence-corrected chi connectivity index (χ2v) is 4.16. The molecule has 0 aromatic heterocycles. The van der Waals surface area contributed by atoms with Crippen LogP contribution >= 0.6 is 12.4 Å². The van der Waals surface area contributed by atoms with E-state index in [0.717, 1.165) is 32.5 Å². The molecule has 2 saturated heterocycles. The summed E-state index contributed by atoms with van der Waals surface area (Å²) < 4.78 is 5.28. The van der Waals surface area contributed by atoms with Crippen molar-refractivity contribution >= 4 is 18.3 Å². The van der Waals surface area contributed by atoms with Crippen molar-refractivity contribution in [2.45, 2.75) is 18.9 Å². The van der Waals surface area contributed by atoms with Crippen molar-refractivity contribution in [1.82, 2.24) is 10.2 Å². The lowest BCUT2D eigenvalue weighted by molar-refractivity contribution is -0.135. The van der Waals surface area contributed by atoms with Crippen LogP contribution in [0.3, 0.4) is 0 Å². The number of nitrogens with zero attached hydrogens (tertiary/aromatic N) is 1. The van der Waals surface area contributed by atoms with Gasteiger partial charge in [-0.05, 0) is 19.4 Å². The highest BCUT2D eigenvalue weighted by molar-refractivity contribution is 5.85. The Kier molecular flexibility index (Phi) is 4.83. The molecule has 1 amide bonds. The normalized spacial score (nSPS) is 29.9. The maximum Gasteiger partial charge on any atom is 0.227 e. The van der Waals surface area contributed by atoms with Crippen molar-refractivity contribution in [2.24, 2.45) is 5.92 Å². The molecule has 0 aromatic rings. The third kappa shape index (κ3) is 2.83. The summed E-state index contributed by atoms with van der Waals surface area (Å²) in [6.45, 7) is 3.33. The van der Waals surface area contributed by atoms with E-state index >= 15 is 0 Å². The van der Waals surface area contributed by atoms with Gasteiger partial charge in [-0.3, -0.25) is 4.79 Å². The lowest BCUT2D eigenvalue weighted by Gasteiger charge is -2.25. The minimum Gasteiger partial charge on any atom is -0.379 e. The summed E-state index contributed by atoms with van der Waals surface area (Å²) in [5.74, 6) is 0.478. The summed E-state index contributed by atoms with van der Waals surface area (Å²) in [7, 11) is 1.90. The summed E-state index contributed by atoms with van der Waals surface area (Å²) >= 11 is 0. The van der Waals surface area contributed by atoms with Gasteiger partial charge in [0.25, 0.3) is 0 Å². The molecule has 0 saturated carbocycles. The van der Waals surface area contributed by atoms with Crippen LogP contribution in [0.2, 0.25) is 0 Å². The molecule has 0 spiro atoms. The maximum absolute atomic E-state index is 12.0. The second kappa shape index (κ2) is 5.68. The van der Waals surface area contributed by atoms with Crippen LogP contribution in [-0.2, 0) is 9.53 Å². The standard InChI is InChI=1S/C10H18N2O2.ClH/c1-12(9-3-5-14-7-9)10(13)8-2-4-11-6-8;/h8-9,11H,2-7H2,1H3;1H/t8-,9?;/m0./s1. The van der Waals surface area contributed by atoms with Gasteiger partial charge in [-0.25, -0.2) is 0 Å². The monoisotopic (exact) mass is 234 g/mol. The van der Waals surface area contributed by atoms with Crippen molar-refractivity contribution in [2.75, 3.05) is 33.4 Å². The van der Waals surface area contributed by atoms with Gasteiger partial charge in [-0.2, -0.15) is 0 Å². The number of hydrogen-bond acceptors (Lipinski definition) is 3. The number of likely N-dealkylation sites (N-methyl/N-ethyl adjacent to an activating group) is 1. The van der Waals surface area contributed by atoms with E-state index in [-0.39, 0.29) is 24.2 Å². The molecule has 2 fully saturated rings. The smallest absolute Gasteiger partial charge is 0.227 e. The molecule has 4 nitrogen and oxygen atoms in total. The molecule has 5 heteroatoms. The molecule has 0 bridgehead atoms. The zero-order chi connectivity index (χ0) is 9.97. The fourth-order valence-corrected chi connectivity index (χ4v) is 2.16. The Hall–Kier alpha value is -0.320. The summed E-state index contributed by atoms with van der Waals surface area (Å²) in [4.78, 5) is 13.8. The lowest BCUT2D eigenvalue weighted by atomic mass is 10.1. The predicted octanol–water partition coefficient (Wildman–Crippen LogP) is 0.265. The first kappa shape index (κ1) is 12.7. The van der Waals surface area contributed by atoms with Gasteiger partial charge in [0.15, 0.2) is 0 Å². The number of ether oxygens (including phenoxy) is 1. The van der Waals surface area contributed by atoms with Gasteiger partial charge in [-0.15, -0.1) is 12.4 Å². The maximum atomic E-state index is 12.0. The molecular formula is C10H19ClN2O2. The minimum atomic E-state index is 0. The Bertz CT molecular complexity index is 213. The third-order valence-electron chi connectivity index (χ3n) is 3.21. The number of carbonyl (C=O) groups excluding carboxylic acids is 1. The summed E-state index contributed by atoms with van der Waals surface area (Å²) in [6.07, 6.45) is 1.97. The van der Waals surface area contributed by atoms with Gasteiger partial charge in [-0.1, -0.05) is 0 Å². The lowest BCUT2D eigenvalue weighted by Crippen LogP contribution is -2.41. The SMILES string of the molecule is CN(C(=O)[C@H]1CCNC1)C1CCOC1.Cl. The Morgan fingerprint density at radius 1 is 1.47 bits per heavy atom. The number of carbonyl (C=O) groups is 1. The van der Waals surface area contributed by atoms with E-state index in [1.54, 1.807) is 0 Å². The first-order chi connectivity index (χ1) is 6.79. The quantitative estimate of drug-likeness (QED) is 0.746. The first-order valence-corrected chi connectivity index (χ1v) is 5.34. The van der Waals surface area contributed by atoms with E-state index in [1.807, 2.05) is 11.9 Å². The highest BCUT2D eigenvalue weighted by atomic mass is 35.5. The number of nitrogens with one attached hydrogen (secondary N) is 1. The molecule has 15 heavy (non-hydrogen) atoms. The summed E-state index contributed by atoms with van der Waals surface area (Å²) in [5.41, 5.74) is 0. The Morgan fingerprint density at radius 3 is 2.80 bits per heavy atom. The van der Waals surface area contributed by atoms with Gasteiger partial charge in [0.2, 0.25) is 5.91 Å². The number of halogens is 1. The molecule has 0 radical (unpaired) electrons. The number of amides is 1. The van der Waals surface area contributed by atoms with Crippen molar-refractivity contribution in [3.05, 3.63) is 0 Å². The van der Waals surface area contributed by atoms with Crippen molar-refractivity contribution in [3.8, 4) is 0 Å². The highest BCUT2D eigenvalue weighted by Gasteiger charge is 2.30. The van der Waals surface area contributed by atoms with Crippen LogP contribution in [-0.4, -0.2) is 50.2 Å². The third-order valence-corrected chi connectivity index (χ3v) is 3.21. The van der Waals surface area contributed by atoms with Crippen LogP contribution in [0.25, 0.3) is 0 Å². The zero-order valence-corrected chi connectivity index (χ0v) is 9.89. The fourth-order valence-electron chi connectivity index (χ4n) is 2.16. The van der Waals surface area contributed by atoms with Crippen LogP contribution in [0, 0.1) is 5.92 Å². The highest BCUT2D eigenvalue weighted by Crippen LogP contribution is 2.16. The van der Waals surface area contributed by atoms with Crippen molar-refractivity contribution in [3.63, 3.8) is 0 Å². The van der Waals surface area contributed by atoms with E-state index in [2.05, 4.69) is 5.32 Å². The molecule has 1 N–H and O–H groups in total. The molecular weight excluding hydrogens is 216 g/mol. The van der Waals surface area contributed by atoms with E-state index in [9.17, 15) is 4.79 Å². The molecule has 2 aliphatic rings. The van der Waals surface area contributed by atoms with Crippen LogP contribution in [0.1, 0.15) is 12.8 Å². The van der Waals surface area contributed by atoms with E-state index in [4.69, 9.17) is 4.74 Å². The number of rotatable bonds is 2. The van der Waals surface area contributed by atoms with Gasteiger partial charge in [0, 0.05) is 20.2 Å². The number of hydrogen-bond donors (Lipinski definition) is 1. The van der Waals surface area contributed by atoms with E-state index in [1.165, 1.54) is 0 Å². The van der Waals surface area contributed by atoms with Crippen LogP contribution < -0.4 is 5.32 Å². The first-order valence-electron chi connectivity index (χ1n) is 5.34. The van der Waals surface area contributed by atoms with Crippen LogP contribution in [0.5, 0.6) is 0 Å². The molecule has 1 unspecified atom stereocenters. The van der Waals surface area contributed by atoms with Crippen LogP contribution in [0.15, 0.2) is 0 Å². The molecule has 2 heterocycles. The van der Waals surface area contributed by atoms with Crippen molar-refractivity contribution in [1.29, 1.82) is 0 Å². The van der Waals surface area contributed by atoms with E-state index < -0.39 is 0 Å². The van der Waals surface area contributed by atoms with Gasteiger partial charge < -0.3 is 15.0 Å². The Labute approximate surface area is 96.7 Å². The molecule has 0 aliphatic carbocycles. The summed E-state index contributed by atoms with van der Waals surface area (Å²) in [5, 5.41) is 3.22. The van der Waals surface area contributed by atoms with Gasteiger partial charge >= 0.3 is 0 Å². The predicted molar refractivity (Wildman–Crippen MR) is 60.2 cm³/mol. The average molecular weight is 235 g/mol. The molecule has 2 rings (SSSR count). The molecule has 88 valence electrons. The second-order valence-electron chi connectivity index (χ2n) is 4.16. The van der Waals surface area contributed by atoms with E-state index in [0.29, 0.717) is 12.6 Å². The summed E-state index contributed by atoms with van der Waals surface area (Å²) in [6, 6.07) is 0.308. The average Bonchev–Trinajstić information content (AvgIpc) is 2.87. The zero-order valence-electron chi connectivity index (χ0n) is 9.07.